The zero-order valence-corrected chi connectivity index (χ0v) is 18.3. The van der Waals surface area contributed by atoms with Crippen LogP contribution in [0.4, 0.5) is 5.69 Å². The fourth-order valence-electron chi connectivity index (χ4n) is 4.70. The number of rotatable bonds is 6. The smallest absolute Gasteiger partial charge is 0.208 e. The molecular formula is C21H31N3O2S2. The van der Waals surface area contributed by atoms with Gasteiger partial charge in [0.15, 0.2) is 0 Å². The van der Waals surface area contributed by atoms with Crippen LogP contribution in [0, 0.1) is 5.92 Å². The summed E-state index contributed by atoms with van der Waals surface area (Å²) in [4.78, 5) is 5.14. The van der Waals surface area contributed by atoms with E-state index in [0.717, 1.165) is 57.8 Å². The number of thiophene rings is 1. The molecule has 1 aliphatic heterocycles. The van der Waals surface area contributed by atoms with Gasteiger partial charge in [0.25, 0.3) is 0 Å². The van der Waals surface area contributed by atoms with Crippen LogP contribution in [0.1, 0.15) is 32.1 Å². The lowest BCUT2D eigenvalue weighted by Gasteiger charge is -2.37. The van der Waals surface area contributed by atoms with Crippen LogP contribution in [-0.4, -0.2) is 58.3 Å². The summed E-state index contributed by atoms with van der Waals surface area (Å²) >= 11 is 1.82. The maximum Gasteiger partial charge on any atom is 0.208 e. The molecule has 0 unspecified atom stereocenters. The second-order valence-electron chi connectivity index (χ2n) is 8.33. The van der Waals surface area contributed by atoms with Gasteiger partial charge in [-0.2, -0.15) is 0 Å². The van der Waals surface area contributed by atoms with Crippen LogP contribution in [0.5, 0.6) is 0 Å². The van der Waals surface area contributed by atoms with Crippen LogP contribution in [0.25, 0.3) is 10.1 Å². The highest BCUT2D eigenvalue weighted by molar-refractivity contribution is 7.88. The monoisotopic (exact) mass is 421 g/mol. The SMILES string of the molecule is CS(=O)(=O)N[C@H]1CC[C@H](CCN2CCN(c3cccc4sccc34)CC2)CC1. The molecule has 0 spiro atoms. The Hall–Kier alpha value is -1.15. The molecule has 5 nitrogen and oxygen atoms in total. The molecule has 0 amide bonds. The molecule has 1 aromatic heterocycles. The first-order valence-corrected chi connectivity index (χ1v) is 13.2. The molecular weight excluding hydrogens is 390 g/mol. The normalized spacial score (nSPS) is 24.7. The Bertz CT molecular complexity index is 880. The number of fused-ring (bicyclic) bond motifs is 1. The van der Waals surface area contributed by atoms with Gasteiger partial charge in [0.05, 0.1) is 6.26 Å². The Kier molecular flexibility index (Phi) is 6.25. The number of anilines is 1. The molecule has 2 fully saturated rings. The molecule has 28 heavy (non-hydrogen) atoms. The Balaban J connectivity index is 1.21. The maximum atomic E-state index is 11.4. The fourth-order valence-corrected chi connectivity index (χ4v) is 6.35. The van der Waals surface area contributed by atoms with Crippen LogP contribution in [0.15, 0.2) is 29.6 Å². The summed E-state index contributed by atoms with van der Waals surface area (Å²) in [6.07, 6.45) is 6.76. The number of hydrogen-bond acceptors (Lipinski definition) is 5. The molecule has 2 heterocycles. The van der Waals surface area contributed by atoms with Gasteiger partial charge in [0.1, 0.15) is 0 Å². The summed E-state index contributed by atoms with van der Waals surface area (Å²) in [5.74, 6) is 0.746. The average molecular weight is 422 g/mol. The van der Waals surface area contributed by atoms with Crippen molar-refractivity contribution in [1.29, 1.82) is 0 Å². The van der Waals surface area contributed by atoms with Crippen molar-refractivity contribution in [3.63, 3.8) is 0 Å². The summed E-state index contributed by atoms with van der Waals surface area (Å²) in [5.41, 5.74) is 1.38. The highest BCUT2D eigenvalue weighted by Gasteiger charge is 2.24. The predicted molar refractivity (Wildman–Crippen MR) is 119 cm³/mol. The quantitative estimate of drug-likeness (QED) is 0.775. The van der Waals surface area contributed by atoms with E-state index in [1.54, 1.807) is 0 Å². The van der Waals surface area contributed by atoms with Crippen molar-refractivity contribution in [3.8, 4) is 0 Å². The van der Waals surface area contributed by atoms with E-state index in [9.17, 15) is 8.42 Å². The lowest BCUT2D eigenvalue weighted by atomic mass is 9.84. The average Bonchev–Trinajstić information content (AvgIpc) is 3.16. The number of sulfonamides is 1. The summed E-state index contributed by atoms with van der Waals surface area (Å²) < 4.78 is 26.9. The van der Waals surface area contributed by atoms with Gasteiger partial charge in [0.2, 0.25) is 10.0 Å². The first-order chi connectivity index (χ1) is 13.5. The van der Waals surface area contributed by atoms with Gasteiger partial charge < -0.3 is 4.90 Å². The second kappa shape index (κ2) is 8.69. The van der Waals surface area contributed by atoms with E-state index in [1.807, 2.05) is 11.3 Å². The number of nitrogens with one attached hydrogen (secondary N) is 1. The predicted octanol–water partition coefficient (Wildman–Crippen LogP) is 3.52. The fraction of sp³-hybridized carbons (Fsp3) is 0.619. The topological polar surface area (TPSA) is 52.7 Å². The molecule has 1 saturated carbocycles. The van der Waals surface area contributed by atoms with Gasteiger partial charge in [-0.15, -0.1) is 11.3 Å². The molecule has 1 aromatic carbocycles. The molecule has 1 N–H and O–H groups in total. The number of nitrogens with zero attached hydrogens (tertiary/aromatic N) is 2. The van der Waals surface area contributed by atoms with Crippen molar-refractivity contribution in [1.82, 2.24) is 9.62 Å². The largest absolute Gasteiger partial charge is 0.368 e. The van der Waals surface area contributed by atoms with Crippen LogP contribution in [-0.2, 0) is 10.0 Å². The van der Waals surface area contributed by atoms with Gasteiger partial charge in [-0.1, -0.05) is 6.07 Å². The number of benzene rings is 1. The molecule has 1 aliphatic carbocycles. The zero-order valence-electron chi connectivity index (χ0n) is 16.6. The van der Waals surface area contributed by atoms with Crippen molar-refractivity contribution in [2.75, 3.05) is 43.9 Å². The van der Waals surface area contributed by atoms with Crippen LogP contribution in [0.2, 0.25) is 0 Å². The molecule has 2 aromatic rings. The third-order valence-electron chi connectivity index (χ3n) is 6.27. The van der Waals surface area contributed by atoms with Crippen molar-refractivity contribution < 1.29 is 8.42 Å². The molecule has 0 radical (unpaired) electrons. The van der Waals surface area contributed by atoms with E-state index < -0.39 is 10.0 Å². The third kappa shape index (κ3) is 5.06. The van der Waals surface area contributed by atoms with E-state index in [1.165, 1.54) is 35.0 Å². The Morgan fingerprint density at radius 2 is 1.82 bits per heavy atom. The van der Waals surface area contributed by atoms with E-state index in [2.05, 4.69) is 44.2 Å². The van der Waals surface area contributed by atoms with Gasteiger partial charge in [-0.3, -0.25) is 4.90 Å². The van der Waals surface area contributed by atoms with Gasteiger partial charge in [-0.05, 0) is 68.1 Å². The summed E-state index contributed by atoms with van der Waals surface area (Å²) in [6.45, 7) is 5.63. The van der Waals surface area contributed by atoms with Crippen molar-refractivity contribution in [3.05, 3.63) is 29.6 Å². The molecule has 1 saturated heterocycles. The molecule has 2 aliphatic rings. The Morgan fingerprint density at radius 1 is 1.07 bits per heavy atom. The van der Waals surface area contributed by atoms with E-state index >= 15 is 0 Å². The summed E-state index contributed by atoms with van der Waals surface area (Å²) in [7, 11) is -3.07. The minimum absolute atomic E-state index is 0.148. The van der Waals surface area contributed by atoms with Gasteiger partial charge in [0, 0.05) is 48.0 Å². The van der Waals surface area contributed by atoms with Crippen molar-refractivity contribution in [2.24, 2.45) is 5.92 Å². The lowest BCUT2D eigenvalue weighted by Crippen LogP contribution is -2.47. The highest BCUT2D eigenvalue weighted by Crippen LogP contribution is 2.31. The molecule has 7 heteroatoms. The Labute approximate surface area is 172 Å². The molecule has 154 valence electrons. The van der Waals surface area contributed by atoms with Crippen LogP contribution >= 0.6 is 11.3 Å². The minimum Gasteiger partial charge on any atom is -0.368 e. The zero-order chi connectivity index (χ0) is 19.6. The number of hydrogen-bond donors (Lipinski definition) is 1. The van der Waals surface area contributed by atoms with Crippen molar-refractivity contribution >= 4 is 37.1 Å². The lowest BCUT2D eigenvalue weighted by molar-refractivity contribution is 0.215. The first kappa shape index (κ1) is 20.1. The summed E-state index contributed by atoms with van der Waals surface area (Å²) in [6, 6.07) is 9.04. The molecule has 0 atom stereocenters. The molecule has 0 bridgehead atoms. The minimum atomic E-state index is -3.07. The van der Waals surface area contributed by atoms with Gasteiger partial charge >= 0.3 is 0 Å². The van der Waals surface area contributed by atoms with Crippen LogP contribution < -0.4 is 9.62 Å². The standard InChI is InChI=1S/C21H31N3O2S2/c1-28(25,26)22-18-7-5-17(6-8-18)9-11-23-12-14-24(15-13-23)20-3-2-4-21-19(20)10-16-27-21/h2-4,10,16-18,22H,5-9,11-15H2,1H3/t17-,18-. The molecule has 4 rings (SSSR count). The maximum absolute atomic E-state index is 11.4. The van der Waals surface area contributed by atoms with E-state index in [-0.39, 0.29) is 6.04 Å². The third-order valence-corrected chi connectivity index (χ3v) is 7.91. The van der Waals surface area contributed by atoms with Crippen molar-refractivity contribution in [2.45, 2.75) is 38.1 Å². The second-order valence-corrected chi connectivity index (χ2v) is 11.1. The van der Waals surface area contributed by atoms with E-state index in [0.29, 0.717) is 0 Å². The highest BCUT2D eigenvalue weighted by atomic mass is 32.2. The number of piperazine rings is 1. The first-order valence-electron chi connectivity index (χ1n) is 10.4. The summed E-state index contributed by atoms with van der Waals surface area (Å²) in [5, 5.41) is 3.57. The van der Waals surface area contributed by atoms with Gasteiger partial charge in [-0.25, -0.2) is 13.1 Å². The Morgan fingerprint density at radius 3 is 2.54 bits per heavy atom. The van der Waals surface area contributed by atoms with Crippen LogP contribution in [0.3, 0.4) is 0 Å². The van der Waals surface area contributed by atoms with E-state index in [4.69, 9.17) is 0 Å².